The van der Waals surface area contributed by atoms with Gasteiger partial charge in [-0.15, -0.1) is 0 Å². The lowest BCUT2D eigenvalue weighted by atomic mass is 9.33. The van der Waals surface area contributed by atoms with Gasteiger partial charge in [0, 0.05) is 77.9 Å². The van der Waals surface area contributed by atoms with E-state index in [1.165, 1.54) is 88.0 Å². The lowest BCUT2D eigenvalue weighted by Gasteiger charge is -2.46. The molecule has 0 N–H and O–H groups in total. The van der Waals surface area contributed by atoms with E-state index < -0.39 is 0 Å². The second-order valence-corrected chi connectivity index (χ2v) is 30.9. The highest BCUT2D eigenvalue weighted by Gasteiger charge is 2.46. The zero-order valence-electron chi connectivity index (χ0n) is 58.9. The maximum atomic E-state index is 2.72. The quantitative estimate of drug-likeness (QED) is 0.134. The van der Waals surface area contributed by atoms with E-state index in [4.69, 9.17) is 0 Å². The highest BCUT2D eigenvalue weighted by molar-refractivity contribution is 7.00. The zero-order valence-corrected chi connectivity index (χ0v) is 58.9. The Kier molecular flexibility index (Phi) is 14.3. The summed E-state index contributed by atoms with van der Waals surface area (Å²) in [6, 6.07) is 119. The van der Waals surface area contributed by atoms with E-state index >= 15 is 0 Å². The highest BCUT2D eigenvalue weighted by Crippen LogP contribution is 2.55. The second kappa shape index (κ2) is 23.5. The molecule has 486 valence electrons. The van der Waals surface area contributed by atoms with Crippen molar-refractivity contribution in [3.05, 3.63) is 332 Å². The van der Waals surface area contributed by atoms with Crippen molar-refractivity contribution in [2.45, 2.75) is 78.6 Å². The van der Waals surface area contributed by atoms with E-state index in [2.05, 4.69) is 397 Å². The average molecular weight is 1300 g/mol. The molecule has 0 saturated carbocycles. The van der Waals surface area contributed by atoms with Crippen molar-refractivity contribution in [2.24, 2.45) is 0 Å². The van der Waals surface area contributed by atoms with Crippen molar-refractivity contribution in [1.82, 2.24) is 9.13 Å². The monoisotopic (exact) mass is 1300 g/mol. The Balaban J connectivity index is 1.02. The number of rotatable bonds is 9. The van der Waals surface area contributed by atoms with E-state index in [9.17, 15) is 0 Å². The number of anilines is 6. The van der Waals surface area contributed by atoms with Gasteiger partial charge >= 0.3 is 0 Å². The molecule has 0 aliphatic carbocycles. The summed E-state index contributed by atoms with van der Waals surface area (Å²) < 4.78 is 5.05. The minimum absolute atomic E-state index is 0.0894. The summed E-state index contributed by atoms with van der Waals surface area (Å²) in [5.41, 5.74) is 32.6. The number of nitrogens with zero attached hydrogens (tertiary/aromatic N) is 4. The molecule has 4 nitrogen and oxygen atoms in total. The van der Waals surface area contributed by atoms with E-state index in [0.717, 1.165) is 89.8 Å². The molecule has 0 fully saturated rings. The standard InChI is InChI=1S/C96H79BN4/c1-94(2,3)68-55-67(56-69(58-68)95(4,5)6)66-49-53-84-81(57-66)97-80-52-50-72(99-82-47-27-25-41-77(82)78-51-54-85-89(93(78)99)79-42-26-28-48-83(79)98(85)71-39-23-14-24-40-71)61-86(80)101(92-75(64-35-19-12-20-36-64)45-30-46-76(92)65-37-21-13-22-38-65)88-60-70(96(7,8)9)59-87(90(88)97)100(84)91-73(62-31-15-10-16-32-62)43-29-44-74(91)63-33-17-11-18-34-63/h10-61H,1-9H3. The van der Waals surface area contributed by atoms with Crippen LogP contribution in [0.3, 0.4) is 0 Å². The van der Waals surface area contributed by atoms with Crippen LogP contribution in [0, 0.1) is 0 Å². The summed E-state index contributed by atoms with van der Waals surface area (Å²) in [5, 5.41) is 4.87. The normalized spacial score (nSPS) is 12.9. The van der Waals surface area contributed by atoms with Gasteiger partial charge in [-0.2, -0.15) is 0 Å². The third kappa shape index (κ3) is 10.1. The molecule has 0 atom stereocenters. The molecule has 18 rings (SSSR count). The van der Waals surface area contributed by atoms with Gasteiger partial charge in [-0.1, -0.05) is 317 Å². The molecule has 0 saturated heterocycles. The van der Waals surface area contributed by atoms with Crippen LogP contribution in [0.2, 0.25) is 0 Å². The molecular formula is C96H79BN4. The first kappa shape index (κ1) is 61.7. The number of aromatic nitrogens is 2. The van der Waals surface area contributed by atoms with Crippen LogP contribution >= 0.6 is 0 Å². The maximum Gasteiger partial charge on any atom is 0.252 e. The van der Waals surface area contributed by atoms with E-state index in [-0.39, 0.29) is 23.0 Å². The Bertz CT molecular complexity index is 5800. The summed E-state index contributed by atoms with van der Waals surface area (Å²) >= 11 is 0. The van der Waals surface area contributed by atoms with Crippen LogP contribution in [-0.2, 0) is 16.2 Å². The fourth-order valence-corrected chi connectivity index (χ4v) is 16.5. The Hall–Kier alpha value is -11.7. The van der Waals surface area contributed by atoms with Crippen LogP contribution in [0.5, 0.6) is 0 Å². The van der Waals surface area contributed by atoms with Crippen LogP contribution in [0.25, 0.3) is 111 Å². The van der Waals surface area contributed by atoms with E-state index in [0.29, 0.717) is 0 Å². The predicted octanol–water partition coefficient (Wildman–Crippen LogP) is 24.2. The first-order valence-corrected chi connectivity index (χ1v) is 35.8. The number of benzene rings is 14. The van der Waals surface area contributed by atoms with E-state index in [1.807, 2.05) is 0 Å². The smallest absolute Gasteiger partial charge is 0.252 e. The van der Waals surface area contributed by atoms with Crippen molar-refractivity contribution in [2.75, 3.05) is 9.80 Å². The van der Waals surface area contributed by atoms with Gasteiger partial charge in [-0.25, -0.2) is 0 Å². The molecule has 0 amide bonds. The summed E-state index contributed by atoms with van der Waals surface area (Å²) in [6.07, 6.45) is 0. The average Bonchev–Trinajstić information content (AvgIpc) is 1.24. The zero-order chi connectivity index (χ0) is 68.6. The molecule has 0 spiro atoms. The number of hydrogen-bond acceptors (Lipinski definition) is 2. The summed E-state index contributed by atoms with van der Waals surface area (Å²) in [6.45, 7) is 21.0. The van der Waals surface area contributed by atoms with Gasteiger partial charge in [0.2, 0.25) is 0 Å². The lowest BCUT2D eigenvalue weighted by molar-refractivity contribution is 0.569. The number of hydrogen-bond donors (Lipinski definition) is 0. The van der Waals surface area contributed by atoms with Gasteiger partial charge in [0.15, 0.2) is 0 Å². The van der Waals surface area contributed by atoms with Gasteiger partial charge < -0.3 is 18.9 Å². The molecule has 0 unspecified atom stereocenters. The molecule has 101 heavy (non-hydrogen) atoms. The Labute approximate surface area is 593 Å². The van der Waals surface area contributed by atoms with Gasteiger partial charge in [0.1, 0.15) is 0 Å². The molecule has 16 aromatic rings. The molecular weight excluding hydrogens is 1220 g/mol. The maximum absolute atomic E-state index is 2.72. The Morgan fingerprint density at radius 1 is 0.257 bits per heavy atom. The third-order valence-electron chi connectivity index (χ3n) is 21.5. The van der Waals surface area contributed by atoms with Gasteiger partial charge in [-0.05, 0) is 143 Å². The predicted molar refractivity (Wildman–Crippen MR) is 432 cm³/mol. The highest BCUT2D eigenvalue weighted by atomic mass is 15.2. The van der Waals surface area contributed by atoms with Crippen LogP contribution < -0.4 is 26.2 Å². The molecule has 2 aliphatic rings. The molecule has 0 bridgehead atoms. The minimum Gasteiger partial charge on any atom is -0.310 e. The topological polar surface area (TPSA) is 16.3 Å². The molecule has 5 heteroatoms. The van der Waals surface area contributed by atoms with Gasteiger partial charge in [0.25, 0.3) is 6.71 Å². The number of para-hydroxylation sites is 5. The lowest BCUT2D eigenvalue weighted by Crippen LogP contribution is -2.61. The van der Waals surface area contributed by atoms with E-state index in [1.54, 1.807) is 0 Å². The minimum atomic E-state index is -0.302. The van der Waals surface area contributed by atoms with Gasteiger partial charge in [-0.3, -0.25) is 0 Å². The largest absolute Gasteiger partial charge is 0.310 e. The summed E-state index contributed by atoms with van der Waals surface area (Å²) in [5.74, 6) is 0. The van der Waals surface area contributed by atoms with Crippen LogP contribution in [0.1, 0.15) is 79.0 Å². The summed E-state index contributed by atoms with van der Waals surface area (Å²) in [4.78, 5) is 5.41. The molecule has 14 aromatic carbocycles. The Morgan fingerprint density at radius 2 is 0.703 bits per heavy atom. The van der Waals surface area contributed by atoms with Gasteiger partial charge in [0.05, 0.1) is 33.4 Å². The molecule has 2 aromatic heterocycles. The molecule has 2 aliphatic heterocycles. The Morgan fingerprint density at radius 3 is 1.21 bits per heavy atom. The van der Waals surface area contributed by atoms with Crippen molar-refractivity contribution in [3.8, 4) is 67.0 Å². The molecule has 0 radical (unpaired) electrons. The molecule has 4 heterocycles. The first-order valence-electron chi connectivity index (χ1n) is 35.8. The third-order valence-corrected chi connectivity index (χ3v) is 21.5. The fraction of sp³-hybridized carbons (Fsp3) is 0.125. The van der Waals surface area contributed by atoms with Crippen molar-refractivity contribution in [1.29, 1.82) is 0 Å². The first-order chi connectivity index (χ1) is 49.0. The van der Waals surface area contributed by atoms with Crippen LogP contribution in [-0.4, -0.2) is 15.8 Å². The summed E-state index contributed by atoms with van der Waals surface area (Å²) in [7, 11) is 0. The van der Waals surface area contributed by atoms with Crippen molar-refractivity contribution >= 4 is 101 Å². The number of fused-ring (bicyclic) bond motifs is 11. The fourth-order valence-electron chi connectivity index (χ4n) is 16.5. The van der Waals surface area contributed by atoms with Crippen LogP contribution in [0.15, 0.2) is 315 Å². The SMILES string of the molecule is CC(C)(C)c1cc(-c2ccc3c(c2)B2c4ccc(-n5c6ccccc6c6ccc7c(c8ccccc8n7-c7ccccc7)c65)cc4N(c4c(-c5ccccc5)cccc4-c4ccccc4)c4cc(C(C)(C)C)cc(c42)N3c2c(-c3ccccc3)cccc2-c2ccccc2)cc(C(C)(C)C)c1. The second-order valence-electron chi connectivity index (χ2n) is 30.9. The van der Waals surface area contributed by atoms with Crippen molar-refractivity contribution in [3.63, 3.8) is 0 Å². The van der Waals surface area contributed by atoms with Crippen LogP contribution in [0.4, 0.5) is 34.1 Å². The van der Waals surface area contributed by atoms with Crippen molar-refractivity contribution < 1.29 is 0 Å².